The summed E-state index contributed by atoms with van der Waals surface area (Å²) in [6.07, 6.45) is -4.80. The van der Waals surface area contributed by atoms with Gasteiger partial charge in [-0.25, -0.2) is 4.79 Å². The maximum absolute atomic E-state index is 12.9. The average Bonchev–Trinajstić information content (AvgIpc) is 2.74. The van der Waals surface area contributed by atoms with Crippen LogP contribution in [0.4, 0.5) is 35.0 Å². The molecule has 0 aromatic heterocycles. The molecule has 3 N–H and O–H groups in total. The molecule has 9 heteroatoms. The van der Waals surface area contributed by atoms with Crippen molar-refractivity contribution in [3.8, 4) is 5.75 Å². The number of alkyl halides is 3. The number of nitrogens with one attached hydrogen (secondary N) is 3. The van der Waals surface area contributed by atoms with Crippen LogP contribution in [-0.2, 0) is 5.41 Å². The monoisotopic (exact) mass is 471 g/mol. The summed E-state index contributed by atoms with van der Waals surface area (Å²) in [6, 6.07) is 18.0. The van der Waals surface area contributed by atoms with Crippen molar-refractivity contribution in [2.24, 2.45) is 0 Å². The van der Waals surface area contributed by atoms with Gasteiger partial charge >= 0.3 is 12.4 Å². The van der Waals surface area contributed by atoms with Crippen LogP contribution in [0.2, 0.25) is 0 Å². The molecule has 0 aliphatic rings. The van der Waals surface area contributed by atoms with Gasteiger partial charge in [-0.15, -0.1) is 13.2 Å². The average molecular weight is 471 g/mol. The number of rotatable bonds is 5. The lowest BCUT2D eigenvalue weighted by Gasteiger charge is -2.20. The summed E-state index contributed by atoms with van der Waals surface area (Å²) in [5.74, 6) is -0.813. The van der Waals surface area contributed by atoms with Crippen LogP contribution in [-0.4, -0.2) is 18.3 Å². The first-order valence-corrected chi connectivity index (χ1v) is 10.4. The zero-order valence-corrected chi connectivity index (χ0v) is 18.8. The van der Waals surface area contributed by atoms with Gasteiger partial charge in [0.05, 0.1) is 11.3 Å². The van der Waals surface area contributed by atoms with E-state index in [4.69, 9.17) is 0 Å². The molecule has 34 heavy (non-hydrogen) atoms. The molecule has 3 aromatic rings. The van der Waals surface area contributed by atoms with E-state index in [0.29, 0.717) is 5.69 Å². The number of hydrogen-bond donors (Lipinski definition) is 3. The van der Waals surface area contributed by atoms with E-state index in [-0.39, 0.29) is 22.4 Å². The number of ether oxygens (including phenoxy) is 1. The molecule has 3 aromatic carbocycles. The van der Waals surface area contributed by atoms with Crippen molar-refractivity contribution in [1.29, 1.82) is 0 Å². The van der Waals surface area contributed by atoms with E-state index < -0.39 is 24.1 Å². The summed E-state index contributed by atoms with van der Waals surface area (Å²) >= 11 is 0. The number of amides is 3. The van der Waals surface area contributed by atoms with Crippen LogP contribution in [0, 0.1) is 0 Å². The second kappa shape index (κ2) is 9.86. The minimum atomic E-state index is -4.80. The van der Waals surface area contributed by atoms with E-state index in [0.717, 1.165) is 17.7 Å². The highest BCUT2D eigenvalue weighted by molar-refractivity contribution is 6.11. The molecule has 178 valence electrons. The summed E-state index contributed by atoms with van der Waals surface area (Å²) in [5.41, 5.74) is 2.35. The van der Waals surface area contributed by atoms with Crippen molar-refractivity contribution in [1.82, 2.24) is 0 Å². The maximum atomic E-state index is 12.9. The van der Waals surface area contributed by atoms with Gasteiger partial charge in [0.25, 0.3) is 5.91 Å². The smallest absolute Gasteiger partial charge is 0.406 e. The molecule has 0 saturated heterocycles. The number of carbonyl (C=O) groups is 2. The maximum Gasteiger partial charge on any atom is 0.573 e. The molecule has 0 aliphatic carbocycles. The minimum Gasteiger partial charge on any atom is -0.406 e. The van der Waals surface area contributed by atoms with E-state index in [2.05, 4.69) is 41.5 Å². The van der Waals surface area contributed by atoms with E-state index in [1.165, 1.54) is 12.1 Å². The minimum absolute atomic E-state index is 0.0879. The third-order valence-corrected chi connectivity index (χ3v) is 4.75. The molecule has 3 rings (SSSR count). The second-order valence-electron chi connectivity index (χ2n) is 8.48. The highest BCUT2D eigenvalue weighted by atomic mass is 19.4. The lowest BCUT2D eigenvalue weighted by atomic mass is 9.87. The van der Waals surface area contributed by atoms with Gasteiger partial charge in [-0.3, -0.25) is 4.79 Å². The Kier molecular flexibility index (Phi) is 7.14. The van der Waals surface area contributed by atoms with Crippen LogP contribution >= 0.6 is 0 Å². The molecule has 0 heterocycles. The Labute approximate surface area is 195 Å². The van der Waals surface area contributed by atoms with Crippen LogP contribution in [0.1, 0.15) is 36.7 Å². The summed E-state index contributed by atoms with van der Waals surface area (Å²) < 4.78 is 40.6. The molecule has 0 bridgehead atoms. The normalized spacial score (nSPS) is 11.5. The van der Waals surface area contributed by atoms with E-state index in [9.17, 15) is 22.8 Å². The fourth-order valence-corrected chi connectivity index (χ4v) is 3.08. The highest BCUT2D eigenvalue weighted by Crippen LogP contribution is 2.26. The number of urea groups is 1. The first kappa shape index (κ1) is 24.6. The van der Waals surface area contributed by atoms with Gasteiger partial charge in [-0.05, 0) is 59.5 Å². The van der Waals surface area contributed by atoms with Gasteiger partial charge in [0.1, 0.15) is 5.75 Å². The van der Waals surface area contributed by atoms with Gasteiger partial charge in [-0.1, -0.05) is 45.0 Å². The largest absolute Gasteiger partial charge is 0.573 e. The van der Waals surface area contributed by atoms with Crippen LogP contribution in [0.25, 0.3) is 0 Å². The standard InChI is InChI=1S/C25H24F3N3O3/c1-24(2,3)16-7-6-8-18(15-16)29-22(32)20-9-4-5-10-21(20)31-23(33)30-17-11-13-19(14-12-17)34-25(26,27)28/h4-15H,1-3H3,(H,29,32)(H2,30,31,33). The molecule has 0 unspecified atom stereocenters. The van der Waals surface area contributed by atoms with Gasteiger partial charge < -0.3 is 20.7 Å². The van der Waals surface area contributed by atoms with Crippen LogP contribution in [0.3, 0.4) is 0 Å². The Hall–Kier alpha value is -4.01. The molecule has 0 radical (unpaired) electrons. The van der Waals surface area contributed by atoms with Crippen molar-refractivity contribution in [3.05, 3.63) is 83.9 Å². The number of benzene rings is 3. The van der Waals surface area contributed by atoms with Crippen LogP contribution in [0.15, 0.2) is 72.8 Å². The Balaban J connectivity index is 1.68. The zero-order chi connectivity index (χ0) is 24.9. The van der Waals surface area contributed by atoms with Gasteiger partial charge in [0, 0.05) is 11.4 Å². The molecular weight excluding hydrogens is 447 g/mol. The summed E-state index contributed by atoms with van der Waals surface area (Å²) in [5, 5.41) is 7.94. The lowest BCUT2D eigenvalue weighted by molar-refractivity contribution is -0.274. The predicted molar refractivity (Wildman–Crippen MR) is 125 cm³/mol. The number of carbonyl (C=O) groups excluding carboxylic acids is 2. The van der Waals surface area contributed by atoms with E-state index in [1.54, 1.807) is 30.3 Å². The molecule has 0 spiro atoms. The number of para-hydroxylation sites is 1. The van der Waals surface area contributed by atoms with Crippen LogP contribution in [0.5, 0.6) is 5.75 Å². The summed E-state index contributed by atoms with van der Waals surface area (Å²) in [4.78, 5) is 25.3. The molecule has 3 amide bonds. The van der Waals surface area contributed by atoms with Gasteiger partial charge in [-0.2, -0.15) is 0 Å². The first-order valence-electron chi connectivity index (χ1n) is 10.4. The Bertz CT molecular complexity index is 1170. The predicted octanol–water partition coefficient (Wildman–Crippen LogP) is 6.78. The SMILES string of the molecule is CC(C)(C)c1cccc(NC(=O)c2ccccc2NC(=O)Nc2ccc(OC(F)(F)F)cc2)c1. The third-order valence-electron chi connectivity index (χ3n) is 4.75. The molecule has 0 atom stereocenters. The molecule has 0 saturated carbocycles. The second-order valence-corrected chi connectivity index (χ2v) is 8.48. The Morgan fingerprint density at radius 1 is 0.765 bits per heavy atom. The van der Waals surface area contributed by atoms with Crippen molar-refractivity contribution in [3.63, 3.8) is 0 Å². The quantitative estimate of drug-likeness (QED) is 0.384. The van der Waals surface area contributed by atoms with E-state index >= 15 is 0 Å². The number of hydrogen-bond acceptors (Lipinski definition) is 3. The van der Waals surface area contributed by atoms with E-state index in [1.807, 2.05) is 18.2 Å². The van der Waals surface area contributed by atoms with Crippen molar-refractivity contribution >= 4 is 29.0 Å². The van der Waals surface area contributed by atoms with Gasteiger partial charge in [0.2, 0.25) is 0 Å². The van der Waals surface area contributed by atoms with Gasteiger partial charge in [0.15, 0.2) is 0 Å². The number of anilines is 3. The first-order chi connectivity index (χ1) is 15.9. The van der Waals surface area contributed by atoms with Crippen molar-refractivity contribution < 1.29 is 27.5 Å². The Morgan fingerprint density at radius 2 is 1.44 bits per heavy atom. The molecule has 0 aliphatic heterocycles. The molecule has 6 nitrogen and oxygen atoms in total. The molecule has 0 fully saturated rings. The summed E-state index contributed by atoms with van der Waals surface area (Å²) in [7, 11) is 0. The zero-order valence-electron chi connectivity index (χ0n) is 18.8. The fraction of sp³-hybridized carbons (Fsp3) is 0.200. The lowest BCUT2D eigenvalue weighted by Crippen LogP contribution is -2.22. The van der Waals surface area contributed by atoms with Crippen molar-refractivity contribution in [2.45, 2.75) is 32.5 Å². The Morgan fingerprint density at radius 3 is 2.09 bits per heavy atom. The third kappa shape index (κ3) is 6.99. The van der Waals surface area contributed by atoms with Crippen molar-refractivity contribution in [2.75, 3.05) is 16.0 Å². The topological polar surface area (TPSA) is 79.5 Å². The summed E-state index contributed by atoms with van der Waals surface area (Å²) in [6.45, 7) is 6.22. The number of halogens is 3. The fourth-order valence-electron chi connectivity index (χ4n) is 3.08. The highest BCUT2D eigenvalue weighted by Gasteiger charge is 2.31. The molecular formula is C25H24F3N3O3. The van der Waals surface area contributed by atoms with Crippen LogP contribution < -0.4 is 20.7 Å².